The fourth-order valence-electron chi connectivity index (χ4n) is 2.91. The van der Waals surface area contributed by atoms with Crippen LogP contribution in [0.15, 0.2) is 53.3 Å². The van der Waals surface area contributed by atoms with Gasteiger partial charge < -0.3 is 9.84 Å². The van der Waals surface area contributed by atoms with Crippen molar-refractivity contribution in [1.29, 1.82) is 0 Å². The number of nitroso groups, excluding NO2 is 1. The van der Waals surface area contributed by atoms with E-state index in [0.29, 0.717) is 12.8 Å². The largest absolute Gasteiger partial charge is 0.385 e. The summed E-state index contributed by atoms with van der Waals surface area (Å²) < 4.78 is 5.04. The predicted octanol–water partition coefficient (Wildman–Crippen LogP) is 5.10. The summed E-state index contributed by atoms with van der Waals surface area (Å²) in [5, 5.41) is 13.4. The molecule has 0 bridgehead atoms. The summed E-state index contributed by atoms with van der Waals surface area (Å²) in [5.74, 6) is 0.226. The van der Waals surface area contributed by atoms with Crippen LogP contribution in [0, 0.1) is 10.8 Å². The lowest BCUT2D eigenvalue weighted by molar-refractivity contribution is 0.193. The van der Waals surface area contributed by atoms with Crippen LogP contribution in [-0.4, -0.2) is 31.0 Å². The maximum absolute atomic E-state index is 11.0. The second kappa shape index (κ2) is 13.7. The first-order valence-electron chi connectivity index (χ1n) is 9.40. The molecule has 4 nitrogen and oxygen atoms in total. The number of ether oxygens (including phenoxy) is 1. The van der Waals surface area contributed by atoms with Crippen LogP contribution in [0.5, 0.6) is 0 Å². The van der Waals surface area contributed by atoms with E-state index in [0.717, 1.165) is 44.3 Å². The lowest BCUT2D eigenvalue weighted by Crippen LogP contribution is -2.09. The van der Waals surface area contributed by atoms with E-state index < -0.39 is 6.10 Å². The van der Waals surface area contributed by atoms with Gasteiger partial charge in [-0.15, -0.1) is 0 Å². The molecule has 1 aliphatic rings. The van der Waals surface area contributed by atoms with Gasteiger partial charge in [0.2, 0.25) is 0 Å². The van der Waals surface area contributed by atoms with Crippen LogP contribution in [-0.2, 0) is 4.74 Å². The van der Waals surface area contributed by atoms with E-state index >= 15 is 0 Å². The number of allylic oxidation sites excluding steroid dienone is 4. The van der Waals surface area contributed by atoms with Gasteiger partial charge in [-0.05, 0) is 50.5 Å². The molecule has 1 unspecified atom stereocenters. The number of rotatable bonds is 13. The molecule has 1 aliphatic carbocycles. The van der Waals surface area contributed by atoms with Crippen molar-refractivity contribution >= 4 is 0 Å². The fraction of sp³-hybridized carbons (Fsp3) is 0.619. The molecule has 0 spiro atoms. The Labute approximate surface area is 152 Å². The van der Waals surface area contributed by atoms with Crippen molar-refractivity contribution in [2.45, 2.75) is 64.0 Å². The van der Waals surface area contributed by atoms with Gasteiger partial charge >= 0.3 is 0 Å². The minimum atomic E-state index is -0.529. The third-order valence-corrected chi connectivity index (χ3v) is 4.41. The zero-order chi connectivity index (χ0) is 18.3. The molecule has 4 heteroatoms. The first-order valence-corrected chi connectivity index (χ1v) is 9.40. The van der Waals surface area contributed by atoms with Crippen molar-refractivity contribution in [2.24, 2.45) is 11.1 Å². The quantitative estimate of drug-likeness (QED) is 0.286. The number of aliphatic hydroxyl groups excluding tert-OH is 1. The van der Waals surface area contributed by atoms with Gasteiger partial charge in [0, 0.05) is 19.6 Å². The Hall–Kier alpha value is -1.52. The van der Waals surface area contributed by atoms with Gasteiger partial charge in [0.05, 0.1) is 12.1 Å². The monoisotopic (exact) mass is 347 g/mol. The van der Waals surface area contributed by atoms with Crippen LogP contribution >= 0.6 is 0 Å². The summed E-state index contributed by atoms with van der Waals surface area (Å²) in [6, 6.07) is -0.250. The Balaban J connectivity index is 2.45. The molecular formula is C21H33NO3. The van der Waals surface area contributed by atoms with E-state index in [1.54, 1.807) is 7.11 Å². The topological polar surface area (TPSA) is 58.9 Å². The Bertz CT molecular complexity index is 480. The van der Waals surface area contributed by atoms with Crippen LogP contribution < -0.4 is 0 Å². The highest BCUT2D eigenvalue weighted by Gasteiger charge is 2.22. The molecule has 0 amide bonds. The predicted molar refractivity (Wildman–Crippen MR) is 104 cm³/mol. The van der Waals surface area contributed by atoms with Crippen molar-refractivity contribution in [2.75, 3.05) is 13.7 Å². The van der Waals surface area contributed by atoms with Crippen LogP contribution in [0.3, 0.4) is 0 Å². The molecule has 25 heavy (non-hydrogen) atoms. The molecule has 3 atom stereocenters. The van der Waals surface area contributed by atoms with E-state index in [9.17, 15) is 10.0 Å². The summed E-state index contributed by atoms with van der Waals surface area (Å²) >= 11 is 0. The van der Waals surface area contributed by atoms with E-state index in [1.807, 2.05) is 18.2 Å². The van der Waals surface area contributed by atoms with Gasteiger partial charge in [-0.25, -0.2) is 0 Å². The Kier molecular flexibility index (Phi) is 11.8. The van der Waals surface area contributed by atoms with E-state index in [1.165, 1.54) is 0 Å². The van der Waals surface area contributed by atoms with Gasteiger partial charge in [0.1, 0.15) is 0 Å². The van der Waals surface area contributed by atoms with E-state index in [4.69, 9.17) is 4.74 Å². The third-order valence-electron chi connectivity index (χ3n) is 4.41. The maximum atomic E-state index is 11.0. The lowest BCUT2D eigenvalue weighted by atomic mass is 9.95. The molecular weight excluding hydrogens is 314 g/mol. The minimum absolute atomic E-state index is 0.226. The lowest BCUT2D eigenvalue weighted by Gasteiger charge is -2.13. The first kappa shape index (κ1) is 21.5. The number of hydrogen-bond donors (Lipinski definition) is 1. The smallest absolute Gasteiger partial charge is 0.0988 e. The van der Waals surface area contributed by atoms with Crippen molar-refractivity contribution in [3.8, 4) is 0 Å². The molecule has 0 saturated carbocycles. The SMILES string of the molecule is CC/C=C\C[C@@H](C/C=C1/C(O)C=C[C@@H]1C/C=C\CCCCOC)N=O. The van der Waals surface area contributed by atoms with E-state index in [-0.39, 0.29) is 12.0 Å². The van der Waals surface area contributed by atoms with Crippen molar-refractivity contribution in [1.82, 2.24) is 0 Å². The van der Waals surface area contributed by atoms with Crippen LogP contribution in [0.4, 0.5) is 0 Å². The molecule has 0 aromatic carbocycles. The van der Waals surface area contributed by atoms with E-state index in [2.05, 4.69) is 36.4 Å². The molecule has 0 radical (unpaired) electrons. The summed E-state index contributed by atoms with van der Waals surface area (Å²) in [6.45, 7) is 2.88. The Morgan fingerprint density at radius 3 is 2.76 bits per heavy atom. The zero-order valence-electron chi connectivity index (χ0n) is 15.6. The second-order valence-electron chi connectivity index (χ2n) is 6.45. The minimum Gasteiger partial charge on any atom is -0.385 e. The molecule has 0 aliphatic heterocycles. The van der Waals surface area contributed by atoms with Crippen molar-refractivity contribution in [3.63, 3.8) is 0 Å². The number of methoxy groups -OCH3 is 1. The molecule has 0 aromatic rings. The maximum Gasteiger partial charge on any atom is 0.0988 e. The Morgan fingerprint density at radius 2 is 2.04 bits per heavy atom. The molecule has 1 rings (SSSR count). The third kappa shape index (κ3) is 8.94. The van der Waals surface area contributed by atoms with Crippen LogP contribution in [0.25, 0.3) is 0 Å². The molecule has 0 fully saturated rings. The Morgan fingerprint density at radius 1 is 1.20 bits per heavy atom. The zero-order valence-corrected chi connectivity index (χ0v) is 15.6. The van der Waals surface area contributed by atoms with Crippen molar-refractivity contribution in [3.05, 3.63) is 53.0 Å². The highest BCUT2D eigenvalue weighted by molar-refractivity contribution is 5.30. The summed E-state index contributed by atoms with van der Waals surface area (Å²) in [4.78, 5) is 11.0. The van der Waals surface area contributed by atoms with Gasteiger partial charge in [-0.1, -0.05) is 54.6 Å². The number of hydrogen-bond acceptors (Lipinski definition) is 4. The standard InChI is InChI=1S/C21H33NO3/c1-3-4-8-12-19(22-24)14-15-20-18(13-16-21(20)23)11-9-6-5-7-10-17-25-2/h4,6,8-9,13,15-16,18-19,21,23H,3,5,7,10-12,14,17H2,1-2H3/b8-4-,9-6-,20-15+/t18-,19-,21?/m0/s1. The molecule has 0 saturated heterocycles. The molecule has 0 heterocycles. The first-order chi connectivity index (χ1) is 12.2. The van der Waals surface area contributed by atoms with Gasteiger partial charge in [-0.2, -0.15) is 4.91 Å². The fourth-order valence-corrected chi connectivity index (χ4v) is 2.91. The van der Waals surface area contributed by atoms with Crippen LogP contribution in [0.1, 0.15) is 51.9 Å². The average molecular weight is 347 g/mol. The number of unbranched alkanes of at least 4 members (excludes halogenated alkanes) is 2. The second-order valence-corrected chi connectivity index (χ2v) is 6.45. The highest BCUT2D eigenvalue weighted by atomic mass is 16.5. The summed E-state index contributed by atoms with van der Waals surface area (Å²) in [6.07, 6.45) is 20.2. The highest BCUT2D eigenvalue weighted by Crippen LogP contribution is 2.29. The summed E-state index contributed by atoms with van der Waals surface area (Å²) in [7, 11) is 1.73. The van der Waals surface area contributed by atoms with Crippen molar-refractivity contribution < 1.29 is 9.84 Å². The van der Waals surface area contributed by atoms with Gasteiger partial charge in [-0.3, -0.25) is 0 Å². The average Bonchev–Trinajstić information content (AvgIpc) is 2.97. The van der Waals surface area contributed by atoms with Crippen LogP contribution in [0.2, 0.25) is 0 Å². The molecule has 1 N–H and O–H groups in total. The summed E-state index contributed by atoms with van der Waals surface area (Å²) in [5.41, 5.74) is 0.997. The van der Waals surface area contributed by atoms with Gasteiger partial charge in [0.25, 0.3) is 0 Å². The normalized spacial score (nSPS) is 23.2. The molecule has 140 valence electrons. The number of aliphatic hydroxyl groups is 1. The number of nitrogens with zero attached hydrogens (tertiary/aromatic N) is 1. The van der Waals surface area contributed by atoms with Gasteiger partial charge in [0.15, 0.2) is 0 Å². The molecule has 0 aromatic heterocycles.